The number of nitrogens with zero attached hydrogens (tertiary/aromatic N) is 1. The second-order valence-corrected chi connectivity index (χ2v) is 7.93. The van der Waals surface area contributed by atoms with E-state index in [9.17, 15) is 14.0 Å². The van der Waals surface area contributed by atoms with Gasteiger partial charge in [-0.2, -0.15) is 0 Å². The van der Waals surface area contributed by atoms with Crippen LogP contribution in [0.3, 0.4) is 0 Å². The fourth-order valence-electron chi connectivity index (χ4n) is 4.10. The van der Waals surface area contributed by atoms with Crippen molar-refractivity contribution in [3.8, 4) is 0 Å². The zero-order valence-corrected chi connectivity index (χ0v) is 18.5. The minimum atomic E-state index is -0.297. The molecule has 0 saturated heterocycles. The van der Waals surface area contributed by atoms with Crippen molar-refractivity contribution in [2.45, 2.75) is 19.3 Å². The Labute approximate surface area is 191 Å². The molecular formula is C26H26FN3O3. The molecule has 0 aliphatic heterocycles. The molecule has 0 radical (unpaired) electrons. The molecule has 0 saturated carbocycles. The summed E-state index contributed by atoms with van der Waals surface area (Å²) < 4.78 is 18.2. The van der Waals surface area contributed by atoms with Crippen LogP contribution in [-0.4, -0.2) is 43.6 Å². The van der Waals surface area contributed by atoms with Crippen molar-refractivity contribution < 1.29 is 18.7 Å². The van der Waals surface area contributed by atoms with Crippen molar-refractivity contribution in [2.75, 3.05) is 26.8 Å². The molecule has 1 aliphatic carbocycles. The van der Waals surface area contributed by atoms with Crippen molar-refractivity contribution in [1.29, 1.82) is 0 Å². The lowest BCUT2D eigenvalue weighted by molar-refractivity contribution is -0.120. The maximum absolute atomic E-state index is 13.3. The van der Waals surface area contributed by atoms with E-state index >= 15 is 0 Å². The maximum Gasteiger partial charge on any atom is 0.252 e. The number of hydrogen-bond acceptors (Lipinski definition) is 4. The van der Waals surface area contributed by atoms with Crippen LogP contribution >= 0.6 is 0 Å². The van der Waals surface area contributed by atoms with Crippen LogP contribution in [0.4, 0.5) is 4.39 Å². The van der Waals surface area contributed by atoms with Crippen molar-refractivity contribution in [1.82, 2.24) is 15.6 Å². The minimum Gasteiger partial charge on any atom is -0.383 e. The summed E-state index contributed by atoms with van der Waals surface area (Å²) >= 11 is 0. The summed E-state index contributed by atoms with van der Waals surface area (Å²) in [4.78, 5) is 30.2. The monoisotopic (exact) mass is 447 g/mol. The molecule has 1 aromatic heterocycles. The summed E-state index contributed by atoms with van der Waals surface area (Å²) in [6, 6.07) is 13.9. The van der Waals surface area contributed by atoms with Gasteiger partial charge in [-0.3, -0.25) is 9.59 Å². The fraction of sp³-hybridized carbons (Fsp3) is 0.269. The van der Waals surface area contributed by atoms with E-state index in [4.69, 9.17) is 9.72 Å². The molecule has 0 atom stereocenters. The average molecular weight is 448 g/mol. The van der Waals surface area contributed by atoms with Gasteiger partial charge in [-0.15, -0.1) is 0 Å². The van der Waals surface area contributed by atoms with E-state index in [1.807, 2.05) is 30.3 Å². The van der Waals surface area contributed by atoms with E-state index in [0.29, 0.717) is 18.7 Å². The SMILES string of the molecule is COCCNC(=O)CNC(=O)c1c2c(nc3ccccc13)/C(=C/c1ccc(F)cc1)CCC2. The fourth-order valence-corrected chi connectivity index (χ4v) is 4.10. The number of halogens is 1. The lowest BCUT2D eigenvalue weighted by atomic mass is 9.85. The summed E-state index contributed by atoms with van der Waals surface area (Å²) in [7, 11) is 1.56. The highest BCUT2D eigenvalue weighted by Crippen LogP contribution is 2.36. The molecule has 2 amide bonds. The Morgan fingerprint density at radius 3 is 2.67 bits per heavy atom. The number of rotatable bonds is 7. The normalized spacial score (nSPS) is 14.2. The molecule has 2 N–H and O–H groups in total. The molecule has 7 heteroatoms. The van der Waals surface area contributed by atoms with Gasteiger partial charge in [0.15, 0.2) is 0 Å². The van der Waals surface area contributed by atoms with E-state index < -0.39 is 0 Å². The second kappa shape index (κ2) is 10.4. The molecule has 2 aromatic carbocycles. The van der Waals surface area contributed by atoms with Crippen LogP contribution in [0.1, 0.15) is 40.0 Å². The van der Waals surface area contributed by atoms with Crippen LogP contribution < -0.4 is 10.6 Å². The summed E-state index contributed by atoms with van der Waals surface area (Å²) in [5.41, 5.74) is 4.85. The molecule has 0 unspecified atom stereocenters. The minimum absolute atomic E-state index is 0.119. The molecule has 1 aliphatic rings. The number of hydrogen-bond donors (Lipinski definition) is 2. The summed E-state index contributed by atoms with van der Waals surface area (Å²) in [5.74, 6) is -0.852. The molecule has 6 nitrogen and oxygen atoms in total. The van der Waals surface area contributed by atoms with Gasteiger partial charge in [-0.05, 0) is 60.2 Å². The molecule has 33 heavy (non-hydrogen) atoms. The van der Waals surface area contributed by atoms with E-state index in [-0.39, 0.29) is 24.2 Å². The van der Waals surface area contributed by atoms with Crippen LogP contribution in [0.25, 0.3) is 22.6 Å². The first-order chi connectivity index (χ1) is 16.1. The predicted molar refractivity (Wildman–Crippen MR) is 126 cm³/mol. The predicted octanol–water partition coefficient (Wildman–Crippen LogP) is 3.74. The lowest BCUT2D eigenvalue weighted by Gasteiger charge is -2.23. The van der Waals surface area contributed by atoms with E-state index in [0.717, 1.165) is 52.6 Å². The van der Waals surface area contributed by atoms with Gasteiger partial charge >= 0.3 is 0 Å². The summed E-state index contributed by atoms with van der Waals surface area (Å²) in [5, 5.41) is 6.22. The number of methoxy groups -OCH3 is 1. The molecule has 4 rings (SSSR count). The number of para-hydroxylation sites is 1. The van der Waals surface area contributed by atoms with Crippen LogP contribution in [-0.2, 0) is 16.0 Å². The van der Waals surface area contributed by atoms with Crippen molar-refractivity contribution >= 4 is 34.4 Å². The van der Waals surface area contributed by atoms with Gasteiger partial charge in [-0.1, -0.05) is 30.3 Å². The van der Waals surface area contributed by atoms with Crippen LogP contribution in [0.5, 0.6) is 0 Å². The number of amides is 2. The third-order valence-corrected chi connectivity index (χ3v) is 5.65. The summed E-state index contributed by atoms with van der Waals surface area (Å²) in [6.07, 6.45) is 4.41. The van der Waals surface area contributed by atoms with Gasteiger partial charge in [0.1, 0.15) is 5.82 Å². The topological polar surface area (TPSA) is 80.3 Å². The number of allylic oxidation sites excluding steroid dienone is 1. The Morgan fingerprint density at radius 2 is 1.88 bits per heavy atom. The van der Waals surface area contributed by atoms with Crippen molar-refractivity contribution in [3.05, 3.63) is 76.7 Å². The van der Waals surface area contributed by atoms with Gasteiger partial charge in [0.25, 0.3) is 5.91 Å². The van der Waals surface area contributed by atoms with Gasteiger partial charge in [-0.25, -0.2) is 9.37 Å². The largest absolute Gasteiger partial charge is 0.383 e. The number of pyridine rings is 1. The maximum atomic E-state index is 13.3. The Bertz CT molecular complexity index is 1210. The second-order valence-electron chi connectivity index (χ2n) is 7.93. The van der Waals surface area contributed by atoms with Crippen LogP contribution in [0.15, 0.2) is 48.5 Å². The highest BCUT2D eigenvalue weighted by molar-refractivity contribution is 6.09. The number of fused-ring (bicyclic) bond motifs is 2. The molecular weight excluding hydrogens is 421 g/mol. The van der Waals surface area contributed by atoms with E-state index in [2.05, 4.69) is 10.6 Å². The average Bonchev–Trinajstić information content (AvgIpc) is 2.83. The van der Waals surface area contributed by atoms with Crippen LogP contribution in [0, 0.1) is 5.82 Å². The highest BCUT2D eigenvalue weighted by atomic mass is 19.1. The third-order valence-electron chi connectivity index (χ3n) is 5.65. The Hall–Kier alpha value is -3.58. The summed E-state index contributed by atoms with van der Waals surface area (Å²) in [6.45, 7) is 0.675. The molecule has 0 bridgehead atoms. The zero-order valence-electron chi connectivity index (χ0n) is 18.5. The number of carbonyl (C=O) groups excluding carboxylic acids is 2. The molecule has 0 spiro atoms. The number of carbonyl (C=O) groups is 2. The molecule has 3 aromatic rings. The smallest absolute Gasteiger partial charge is 0.252 e. The van der Waals surface area contributed by atoms with E-state index in [1.165, 1.54) is 12.1 Å². The molecule has 170 valence electrons. The highest BCUT2D eigenvalue weighted by Gasteiger charge is 2.25. The Balaban J connectivity index is 1.69. The molecule has 1 heterocycles. The number of ether oxygens (including phenoxy) is 1. The third kappa shape index (κ3) is 5.26. The number of aromatic nitrogens is 1. The van der Waals surface area contributed by atoms with Gasteiger partial charge in [0.2, 0.25) is 5.91 Å². The van der Waals surface area contributed by atoms with Crippen LogP contribution in [0.2, 0.25) is 0 Å². The first-order valence-electron chi connectivity index (χ1n) is 11.0. The zero-order chi connectivity index (χ0) is 23.2. The van der Waals surface area contributed by atoms with E-state index in [1.54, 1.807) is 19.2 Å². The van der Waals surface area contributed by atoms with Gasteiger partial charge < -0.3 is 15.4 Å². The quantitative estimate of drug-likeness (QED) is 0.541. The van der Waals surface area contributed by atoms with Crippen molar-refractivity contribution in [2.24, 2.45) is 0 Å². The first-order valence-corrected chi connectivity index (χ1v) is 11.0. The number of nitrogens with one attached hydrogen (secondary N) is 2. The standard InChI is InChI=1S/C26H26FN3O3/c1-33-14-13-28-23(31)16-29-26(32)24-20-6-2-3-8-22(20)30-25-18(5-4-7-21(24)25)15-17-9-11-19(27)12-10-17/h2-3,6,8-12,15H,4-5,7,13-14,16H2,1H3,(H,28,31)(H,29,32)/b18-15+. The van der Waals surface area contributed by atoms with Crippen molar-refractivity contribution in [3.63, 3.8) is 0 Å². The first kappa shape index (κ1) is 22.6. The Morgan fingerprint density at radius 1 is 1.09 bits per heavy atom. The lowest BCUT2D eigenvalue weighted by Crippen LogP contribution is -2.38. The Kier molecular flexibility index (Phi) is 7.10. The van der Waals surface area contributed by atoms with Gasteiger partial charge in [0.05, 0.1) is 29.9 Å². The molecule has 0 fully saturated rings. The number of benzene rings is 2. The van der Waals surface area contributed by atoms with Gasteiger partial charge in [0, 0.05) is 19.0 Å².